The van der Waals surface area contributed by atoms with Crippen molar-refractivity contribution in [2.24, 2.45) is 0 Å². The van der Waals surface area contributed by atoms with E-state index in [1.54, 1.807) is 19.1 Å². The van der Waals surface area contributed by atoms with Crippen LogP contribution in [-0.4, -0.2) is 18.6 Å². The Morgan fingerprint density at radius 1 is 1.22 bits per heavy atom. The van der Waals surface area contributed by atoms with E-state index in [0.29, 0.717) is 5.82 Å². The van der Waals surface area contributed by atoms with E-state index in [1.807, 2.05) is 6.92 Å². The highest BCUT2D eigenvalue weighted by atomic mass is 79.9. The Morgan fingerprint density at radius 2 is 1.83 bits per heavy atom. The average Bonchev–Trinajstić information content (AvgIpc) is 2.61. The van der Waals surface area contributed by atoms with Gasteiger partial charge in [0.1, 0.15) is 0 Å². The summed E-state index contributed by atoms with van der Waals surface area (Å²) < 4.78 is 27.5. The predicted molar refractivity (Wildman–Crippen MR) is 73.0 cm³/mol. The van der Waals surface area contributed by atoms with Gasteiger partial charge in [0.25, 0.3) is 10.0 Å². The molecule has 2 aromatic rings. The summed E-state index contributed by atoms with van der Waals surface area (Å²) in [6.45, 7) is 3.64. The van der Waals surface area contributed by atoms with Crippen molar-refractivity contribution in [1.82, 2.24) is 10.2 Å². The lowest BCUT2D eigenvalue weighted by Gasteiger charge is -2.06. The molecular weight excluding hydrogens is 318 g/mol. The lowest BCUT2D eigenvalue weighted by Crippen LogP contribution is -2.13. The third-order valence-electron chi connectivity index (χ3n) is 2.61. The van der Waals surface area contributed by atoms with Gasteiger partial charge in [-0.2, -0.15) is 5.10 Å². The predicted octanol–water partition coefficient (Wildman–Crippen LogP) is 2.59. The molecule has 0 radical (unpaired) electrons. The zero-order chi connectivity index (χ0) is 13.3. The highest BCUT2D eigenvalue weighted by molar-refractivity contribution is 9.10. The van der Waals surface area contributed by atoms with Crippen LogP contribution < -0.4 is 4.72 Å². The molecule has 0 spiro atoms. The highest BCUT2D eigenvalue weighted by Gasteiger charge is 2.17. The smallest absolute Gasteiger partial charge is 0.263 e. The molecule has 0 atom stereocenters. The summed E-state index contributed by atoms with van der Waals surface area (Å²) in [5, 5.41) is 6.65. The van der Waals surface area contributed by atoms with E-state index in [-0.39, 0.29) is 4.90 Å². The number of hydrogen-bond donors (Lipinski definition) is 2. The van der Waals surface area contributed by atoms with Gasteiger partial charge in [-0.3, -0.25) is 9.82 Å². The molecular formula is C11H12BrN3O2S. The highest BCUT2D eigenvalue weighted by Crippen LogP contribution is 2.20. The molecule has 1 aromatic carbocycles. The third-order valence-corrected chi connectivity index (χ3v) is 4.49. The van der Waals surface area contributed by atoms with Crippen molar-refractivity contribution in [2.45, 2.75) is 18.7 Å². The van der Waals surface area contributed by atoms with Gasteiger partial charge in [0.05, 0.1) is 4.90 Å². The summed E-state index contributed by atoms with van der Waals surface area (Å²) >= 11 is 3.26. The first kappa shape index (κ1) is 13.1. The van der Waals surface area contributed by atoms with E-state index in [0.717, 1.165) is 15.7 Å². The molecule has 1 aromatic heterocycles. The quantitative estimate of drug-likeness (QED) is 0.908. The molecule has 1 heterocycles. The topological polar surface area (TPSA) is 74.8 Å². The fourth-order valence-corrected chi connectivity index (χ4v) is 2.71. The van der Waals surface area contributed by atoms with Crippen LogP contribution in [-0.2, 0) is 10.0 Å². The first-order valence-corrected chi connectivity index (χ1v) is 7.48. The van der Waals surface area contributed by atoms with Crippen molar-refractivity contribution < 1.29 is 8.42 Å². The molecule has 7 heteroatoms. The Morgan fingerprint density at radius 3 is 2.33 bits per heavy atom. The second-order valence-corrected chi connectivity index (χ2v) is 6.48. The summed E-state index contributed by atoms with van der Waals surface area (Å²) in [7, 11) is -3.59. The normalized spacial score (nSPS) is 11.5. The maximum absolute atomic E-state index is 12.1. The summed E-state index contributed by atoms with van der Waals surface area (Å²) in [6.07, 6.45) is 0. The zero-order valence-electron chi connectivity index (χ0n) is 9.86. The Labute approximate surface area is 114 Å². The van der Waals surface area contributed by atoms with Gasteiger partial charge >= 0.3 is 0 Å². The average molecular weight is 330 g/mol. The Balaban J connectivity index is 2.33. The number of hydrogen-bond acceptors (Lipinski definition) is 3. The number of aryl methyl sites for hydroxylation is 1. The molecule has 0 saturated heterocycles. The van der Waals surface area contributed by atoms with Crippen LogP contribution in [0.3, 0.4) is 0 Å². The molecule has 0 bridgehead atoms. The fraction of sp³-hybridized carbons (Fsp3) is 0.182. The van der Waals surface area contributed by atoms with Gasteiger partial charge in [-0.05, 0) is 38.1 Å². The molecule has 0 aliphatic rings. The Kier molecular flexibility index (Phi) is 3.45. The van der Waals surface area contributed by atoms with Crippen LogP contribution in [0.15, 0.2) is 33.6 Å². The number of sulfonamides is 1. The summed E-state index contributed by atoms with van der Waals surface area (Å²) in [4.78, 5) is 0.200. The number of aromatic nitrogens is 2. The number of nitrogens with one attached hydrogen (secondary N) is 2. The van der Waals surface area contributed by atoms with Crippen molar-refractivity contribution in [3.63, 3.8) is 0 Å². The van der Waals surface area contributed by atoms with Gasteiger partial charge in [-0.15, -0.1) is 0 Å². The van der Waals surface area contributed by atoms with Crippen molar-refractivity contribution >= 4 is 31.8 Å². The Bertz CT molecular complexity index is 662. The minimum absolute atomic E-state index is 0.200. The first-order chi connectivity index (χ1) is 8.40. The number of aromatic amines is 1. The van der Waals surface area contributed by atoms with Crippen LogP contribution in [0.1, 0.15) is 11.3 Å². The Hall–Kier alpha value is -1.34. The minimum atomic E-state index is -3.59. The zero-order valence-corrected chi connectivity index (χ0v) is 12.3. The first-order valence-electron chi connectivity index (χ1n) is 5.20. The van der Waals surface area contributed by atoms with E-state index in [2.05, 4.69) is 30.8 Å². The maximum atomic E-state index is 12.1. The molecule has 18 heavy (non-hydrogen) atoms. The number of nitrogens with zero attached hydrogens (tertiary/aromatic N) is 1. The van der Waals surface area contributed by atoms with Crippen LogP contribution in [0, 0.1) is 13.8 Å². The molecule has 96 valence electrons. The number of rotatable bonds is 3. The van der Waals surface area contributed by atoms with Crippen LogP contribution >= 0.6 is 15.9 Å². The number of halogens is 1. The lowest BCUT2D eigenvalue weighted by molar-refractivity contribution is 0.601. The van der Waals surface area contributed by atoms with Crippen molar-refractivity contribution in [2.75, 3.05) is 4.72 Å². The molecule has 0 amide bonds. The summed E-state index contributed by atoms with van der Waals surface area (Å²) in [5.74, 6) is 0.329. The molecule has 5 nitrogen and oxygen atoms in total. The van der Waals surface area contributed by atoms with Gasteiger partial charge in [0.15, 0.2) is 5.82 Å². The third kappa shape index (κ3) is 2.56. The fourth-order valence-electron chi connectivity index (χ4n) is 1.38. The van der Waals surface area contributed by atoms with Gasteiger partial charge in [-0.1, -0.05) is 15.9 Å². The van der Waals surface area contributed by atoms with E-state index in [4.69, 9.17) is 0 Å². The van der Waals surface area contributed by atoms with E-state index >= 15 is 0 Å². The van der Waals surface area contributed by atoms with Crippen LogP contribution in [0.2, 0.25) is 0 Å². The molecule has 2 N–H and O–H groups in total. The lowest BCUT2D eigenvalue weighted by atomic mass is 10.3. The van der Waals surface area contributed by atoms with Crippen molar-refractivity contribution in [3.05, 3.63) is 40.0 Å². The minimum Gasteiger partial charge on any atom is -0.280 e. The monoisotopic (exact) mass is 329 g/mol. The molecule has 0 saturated carbocycles. The molecule has 2 rings (SSSR count). The number of H-pyrrole nitrogens is 1. The van der Waals surface area contributed by atoms with Crippen molar-refractivity contribution in [3.8, 4) is 0 Å². The summed E-state index contributed by atoms with van der Waals surface area (Å²) in [6, 6.07) is 6.41. The maximum Gasteiger partial charge on any atom is 0.263 e. The van der Waals surface area contributed by atoms with Crippen LogP contribution in [0.4, 0.5) is 5.82 Å². The molecule has 0 aliphatic carbocycles. The van der Waals surface area contributed by atoms with E-state index in [1.165, 1.54) is 12.1 Å². The van der Waals surface area contributed by atoms with Gasteiger partial charge in [0, 0.05) is 15.7 Å². The van der Waals surface area contributed by atoms with Crippen molar-refractivity contribution in [1.29, 1.82) is 0 Å². The van der Waals surface area contributed by atoms with Crippen LogP contribution in [0.5, 0.6) is 0 Å². The van der Waals surface area contributed by atoms with Gasteiger partial charge < -0.3 is 0 Å². The largest absolute Gasteiger partial charge is 0.280 e. The number of anilines is 1. The van der Waals surface area contributed by atoms with Gasteiger partial charge in [-0.25, -0.2) is 8.42 Å². The standard InChI is InChI=1S/C11H12BrN3O2S/c1-7-8(2)13-14-11(7)15-18(16,17)10-5-3-9(12)4-6-10/h3-6H,1-2H3,(H2,13,14,15). The summed E-state index contributed by atoms with van der Waals surface area (Å²) in [5.41, 5.74) is 1.62. The SMILES string of the molecule is Cc1[nH]nc(NS(=O)(=O)c2ccc(Br)cc2)c1C. The molecule has 0 unspecified atom stereocenters. The molecule has 0 aliphatic heterocycles. The number of benzene rings is 1. The second-order valence-electron chi connectivity index (χ2n) is 3.88. The molecule has 0 fully saturated rings. The second kappa shape index (κ2) is 4.74. The van der Waals surface area contributed by atoms with E-state index < -0.39 is 10.0 Å². The van der Waals surface area contributed by atoms with E-state index in [9.17, 15) is 8.42 Å². The van der Waals surface area contributed by atoms with Gasteiger partial charge in [0.2, 0.25) is 0 Å². The van der Waals surface area contributed by atoms with Crippen LogP contribution in [0.25, 0.3) is 0 Å².